The average Bonchev–Trinajstić information content (AvgIpc) is 2.94. The molecule has 1 aliphatic heterocycles. The minimum absolute atomic E-state index is 0.0721. The normalized spacial score (nSPS) is 14.0. The second-order valence-electron chi connectivity index (χ2n) is 6.09. The van der Waals surface area contributed by atoms with Crippen LogP contribution in [-0.2, 0) is 17.8 Å². The molecule has 1 amide bonds. The molecule has 126 valence electrons. The molecule has 3 heterocycles. The van der Waals surface area contributed by atoms with Crippen molar-refractivity contribution in [1.82, 2.24) is 14.2 Å². The summed E-state index contributed by atoms with van der Waals surface area (Å²) in [5.41, 5.74) is 2.48. The molecule has 7 heteroatoms. The van der Waals surface area contributed by atoms with Crippen LogP contribution in [0.5, 0.6) is 0 Å². The predicted molar refractivity (Wildman–Crippen MR) is 92.0 cm³/mol. The fourth-order valence-corrected chi connectivity index (χ4v) is 3.13. The molecule has 2 aromatic heterocycles. The number of fused-ring (bicyclic) bond motifs is 2. The Hall–Kier alpha value is -3.22. The minimum Gasteiger partial charge on any atom is -0.315 e. The van der Waals surface area contributed by atoms with Crippen molar-refractivity contribution >= 4 is 23.0 Å². The van der Waals surface area contributed by atoms with Crippen LogP contribution in [0.25, 0.3) is 5.65 Å². The van der Waals surface area contributed by atoms with Gasteiger partial charge in [0.1, 0.15) is 6.54 Å². The molecule has 25 heavy (non-hydrogen) atoms. The Bertz CT molecular complexity index is 1060. The number of aromatic nitrogens is 3. The zero-order valence-electron chi connectivity index (χ0n) is 13.7. The van der Waals surface area contributed by atoms with E-state index >= 15 is 0 Å². The largest absolute Gasteiger partial charge is 0.350 e. The van der Waals surface area contributed by atoms with E-state index in [1.165, 1.54) is 9.08 Å². The van der Waals surface area contributed by atoms with E-state index in [-0.39, 0.29) is 23.9 Å². The van der Waals surface area contributed by atoms with Crippen LogP contribution >= 0.6 is 0 Å². The van der Waals surface area contributed by atoms with Crippen LogP contribution in [-0.4, -0.2) is 32.9 Å². The molecule has 0 spiro atoms. The first kappa shape index (κ1) is 15.3. The molecule has 0 N–H and O–H groups in total. The molecule has 7 nitrogen and oxygen atoms in total. The van der Waals surface area contributed by atoms with E-state index in [0.717, 1.165) is 11.3 Å². The second-order valence-corrected chi connectivity index (χ2v) is 6.09. The Kier molecular flexibility index (Phi) is 3.49. The van der Waals surface area contributed by atoms with Gasteiger partial charge in [0.05, 0.1) is 0 Å². The molecule has 0 fully saturated rings. The first-order valence-electron chi connectivity index (χ1n) is 8.01. The number of pyridine rings is 1. The van der Waals surface area contributed by atoms with Gasteiger partial charge in [-0.15, -0.1) is 5.10 Å². The monoisotopic (exact) mass is 336 g/mol. The third-order valence-electron chi connectivity index (χ3n) is 4.53. The molecule has 0 radical (unpaired) electrons. The quantitative estimate of drug-likeness (QED) is 0.675. The number of hydrogen-bond donors (Lipinski definition) is 0. The highest BCUT2D eigenvalue weighted by molar-refractivity contribution is 5.99. The van der Waals surface area contributed by atoms with Gasteiger partial charge < -0.3 is 4.90 Å². The van der Waals surface area contributed by atoms with E-state index in [9.17, 15) is 14.4 Å². The van der Waals surface area contributed by atoms with Gasteiger partial charge in [-0.25, -0.2) is 9.48 Å². The number of benzene rings is 1. The highest BCUT2D eigenvalue weighted by Gasteiger charge is 2.22. The number of Topliss-reactive ketones (excluding diaryl/α,β-unsaturated/α-hetero) is 1. The molecular weight excluding hydrogens is 320 g/mol. The Morgan fingerprint density at radius 1 is 1.16 bits per heavy atom. The van der Waals surface area contributed by atoms with Gasteiger partial charge in [-0.3, -0.25) is 14.0 Å². The average molecular weight is 336 g/mol. The summed E-state index contributed by atoms with van der Waals surface area (Å²) in [5, 5.41) is 4.18. The number of anilines is 1. The van der Waals surface area contributed by atoms with Gasteiger partial charge >= 0.3 is 5.69 Å². The molecule has 3 aromatic rings. The van der Waals surface area contributed by atoms with Crippen LogP contribution in [0.4, 0.5) is 5.69 Å². The molecule has 0 aliphatic carbocycles. The summed E-state index contributed by atoms with van der Waals surface area (Å²) >= 11 is 0. The van der Waals surface area contributed by atoms with Crippen LogP contribution in [0.1, 0.15) is 22.3 Å². The molecule has 0 bridgehead atoms. The van der Waals surface area contributed by atoms with Crippen LogP contribution in [0, 0.1) is 0 Å². The van der Waals surface area contributed by atoms with Crippen LogP contribution in [0.15, 0.2) is 47.4 Å². The number of amides is 1. The van der Waals surface area contributed by atoms with Crippen molar-refractivity contribution in [2.45, 2.75) is 19.4 Å². The maximum atomic E-state index is 12.6. The van der Waals surface area contributed by atoms with Gasteiger partial charge in [0.25, 0.3) is 0 Å². The summed E-state index contributed by atoms with van der Waals surface area (Å²) in [6.07, 6.45) is 2.68. The summed E-state index contributed by atoms with van der Waals surface area (Å²) in [6, 6.07) is 10.5. The van der Waals surface area contributed by atoms with E-state index in [1.54, 1.807) is 54.5 Å². The lowest BCUT2D eigenvalue weighted by molar-refractivity contribution is -0.118. The first-order chi connectivity index (χ1) is 12.0. The number of aryl methyl sites for hydroxylation is 1. The number of rotatable bonds is 3. The van der Waals surface area contributed by atoms with Crippen molar-refractivity contribution in [2.24, 2.45) is 0 Å². The number of ketones is 1. The van der Waals surface area contributed by atoms with Crippen molar-refractivity contribution < 1.29 is 9.59 Å². The van der Waals surface area contributed by atoms with E-state index < -0.39 is 0 Å². The molecule has 0 saturated heterocycles. The third kappa shape index (κ3) is 2.53. The molecule has 0 atom stereocenters. The van der Waals surface area contributed by atoms with Crippen molar-refractivity contribution in [2.75, 3.05) is 11.9 Å². The third-order valence-corrected chi connectivity index (χ3v) is 4.53. The molecule has 1 aromatic carbocycles. The Morgan fingerprint density at radius 2 is 2.00 bits per heavy atom. The highest BCUT2D eigenvalue weighted by atomic mass is 16.2. The molecule has 0 saturated carbocycles. The van der Waals surface area contributed by atoms with Gasteiger partial charge in [-0.2, -0.15) is 0 Å². The van der Waals surface area contributed by atoms with Crippen molar-refractivity contribution in [3.05, 3.63) is 64.2 Å². The van der Waals surface area contributed by atoms with E-state index in [2.05, 4.69) is 5.10 Å². The Morgan fingerprint density at radius 3 is 2.80 bits per heavy atom. The van der Waals surface area contributed by atoms with E-state index in [0.29, 0.717) is 24.1 Å². The van der Waals surface area contributed by atoms with Gasteiger partial charge in [-0.05, 0) is 42.3 Å². The Balaban J connectivity index is 1.64. The number of hydrogen-bond acceptors (Lipinski definition) is 4. The highest BCUT2D eigenvalue weighted by Crippen LogP contribution is 2.27. The fourth-order valence-electron chi connectivity index (χ4n) is 3.13. The lowest BCUT2D eigenvalue weighted by Crippen LogP contribution is -2.31. The number of nitrogens with zero attached hydrogens (tertiary/aromatic N) is 4. The molecule has 4 rings (SSSR count). The van der Waals surface area contributed by atoms with Gasteiger partial charge in [-0.1, -0.05) is 6.07 Å². The standard InChI is InChI=1S/C18H16N4O3/c1-20-14-7-5-13(10-12(14)6-8-17(20)24)15(23)11-22-18(25)21-9-3-2-4-16(21)19-22/h2-5,7,9-10H,6,8,11H2,1H3. The van der Waals surface area contributed by atoms with Crippen LogP contribution in [0.3, 0.4) is 0 Å². The zero-order chi connectivity index (χ0) is 17.6. The summed E-state index contributed by atoms with van der Waals surface area (Å²) < 4.78 is 2.58. The zero-order valence-corrected chi connectivity index (χ0v) is 13.7. The maximum Gasteiger partial charge on any atom is 0.350 e. The Labute approximate surface area is 143 Å². The summed E-state index contributed by atoms with van der Waals surface area (Å²) in [6.45, 7) is -0.117. The summed E-state index contributed by atoms with van der Waals surface area (Å²) in [4.78, 5) is 38.2. The topological polar surface area (TPSA) is 76.7 Å². The lowest BCUT2D eigenvalue weighted by Gasteiger charge is -2.26. The van der Waals surface area contributed by atoms with Gasteiger partial charge in [0, 0.05) is 30.9 Å². The predicted octanol–water partition coefficient (Wildman–Crippen LogP) is 1.29. The van der Waals surface area contributed by atoms with Crippen LogP contribution < -0.4 is 10.6 Å². The summed E-state index contributed by atoms with van der Waals surface area (Å²) in [5.74, 6) is -0.115. The maximum absolute atomic E-state index is 12.6. The first-order valence-corrected chi connectivity index (χ1v) is 8.01. The van der Waals surface area contributed by atoms with Gasteiger partial charge in [0.2, 0.25) is 5.91 Å². The van der Waals surface area contributed by atoms with Crippen LogP contribution in [0.2, 0.25) is 0 Å². The SMILES string of the molecule is CN1C(=O)CCc2cc(C(=O)Cn3nc4ccccn4c3=O)ccc21. The van der Waals surface area contributed by atoms with Crippen molar-refractivity contribution in [1.29, 1.82) is 0 Å². The van der Waals surface area contributed by atoms with E-state index in [1.807, 2.05) is 0 Å². The molecule has 0 unspecified atom stereocenters. The fraction of sp³-hybridized carbons (Fsp3) is 0.222. The van der Waals surface area contributed by atoms with E-state index in [4.69, 9.17) is 0 Å². The molecule has 1 aliphatic rings. The summed E-state index contributed by atoms with van der Waals surface area (Å²) in [7, 11) is 1.73. The van der Waals surface area contributed by atoms with Crippen molar-refractivity contribution in [3.63, 3.8) is 0 Å². The lowest BCUT2D eigenvalue weighted by atomic mass is 9.98. The number of carbonyl (C=O) groups is 2. The van der Waals surface area contributed by atoms with Gasteiger partial charge in [0.15, 0.2) is 11.4 Å². The minimum atomic E-state index is -0.341. The molecular formula is C18H16N4O3. The smallest absolute Gasteiger partial charge is 0.315 e. The van der Waals surface area contributed by atoms with Crippen molar-refractivity contribution in [3.8, 4) is 0 Å². The second kappa shape index (κ2) is 5.70. The number of carbonyl (C=O) groups excluding carboxylic acids is 2.